The summed E-state index contributed by atoms with van der Waals surface area (Å²) in [5, 5.41) is 3.69. The van der Waals surface area contributed by atoms with Gasteiger partial charge in [0, 0.05) is 25.3 Å². The van der Waals surface area contributed by atoms with E-state index < -0.39 is 5.97 Å². The molecule has 0 spiro atoms. The standard InChI is InChI=1S/C13H20N2O4/c1-9(2)14-11(16)5-4-6-13(18)19-15-10(3)7-8-12(15)17/h9H,3-8H2,1-2H3,(H,14,16). The first kappa shape index (κ1) is 15.2. The first-order chi connectivity index (χ1) is 8.90. The van der Waals surface area contributed by atoms with Gasteiger partial charge < -0.3 is 10.2 Å². The first-order valence-corrected chi connectivity index (χ1v) is 6.41. The summed E-state index contributed by atoms with van der Waals surface area (Å²) in [5.41, 5.74) is 0.496. The highest BCUT2D eigenvalue weighted by atomic mass is 16.7. The molecule has 106 valence electrons. The zero-order valence-electron chi connectivity index (χ0n) is 11.4. The van der Waals surface area contributed by atoms with Gasteiger partial charge in [0.2, 0.25) is 5.91 Å². The van der Waals surface area contributed by atoms with Crippen LogP contribution in [0.1, 0.15) is 46.0 Å². The average molecular weight is 268 g/mol. The Morgan fingerprint density at radius 3 is 2.58 bits per heavy atom. The number of carbonyl (C=O) groups is 3. The number of nitrogens with zero attached hydrogens (tertiary/aromatic N) is 1. The van der Waals surface area contributed by atoms with Crippen molar-refractivity contribution in [1.29, 1.82) is 0 Å². The van der Waals surface area contributed by atoms with Crippen LogP contribution in [0.3, 0.4) is 0 Å². The molecule has 1 heterocycles. The van der Waals surface area contributed by atoms with Crippen LogP contribution in [0, 0.1) is 0 Å². The molecule has 1 fully saturated rings. The smallest absolute Gasteiger partial charge is 0.333 e. The van der Waals surface area contributed by atoms with E-state index in [-0.39, 0.29) is 30.7 Å². The van der Waals surface area contributed by atoms with Crippen LogP contribution >= 0.6 is 0 Å². The summed E-state index contributed by atoms with van der Waals surface area (Å²) in [6.07, 6.45) is 1.60. The molecule has 1 N–H and O–H groups in total. The maximum atomic E-state index is 11.5. The quantitative estimate of drug-likeness (QED) is 0.787. The van der Waals surface area contributed by atoms with Gasteiger partial charge in [-0.25, -0.2) is 4.79 Å². The summed E-state index contributed by atoms with van der Waals surface area (Å²) in [7, 11) is 0. The molecule has 0 radical (unpaired) electrons. The molecule has 0 aromatic carbocycles. The van der Waals surface area contributed by atoms with Gasteiger partial charge in [0.15, 0.2) is 0 Å². The second kappa shape index (κ2) is 6.92. The molecule has 0 saturated carbocycles. The zero-order chi connectivity index (χ0) is 14.4. The lowest BCUT2D eigenvalue weighted by atomic mass is 10.2. The molecule has 6 heteroatoms. The average Bonchev–Trinajstić information content (AvgIpc) is 2.59. The van der Waals surface area contributed by atoms with Crippen molar-refractivity contribution in [1.82, 2.24) is 10.4 Å². The highest BCUT2D eigenvalue weighted by molar-refractivity contribution is 5.82. The molecule has 2 amide bonds. The highest BCUT2D eigenvalue weighted by Gasteiger charge is 2.27. The summed E-state index contributed by atoms with van der Waals surface area (Å²) in [6, 6.07) is 0.0880. The normalized spacial score (nSPS) is 15.0. The van der Waals surface area contributed by atoms with Crippen LogP contribution in [0.4, 0.5) is 0 Å². The van der Waals surface area contributed by atoms with Crippen molar-refractivity contribution < 1.29 is 19.2 Å². The van der Waals surface area contributed by atoms with E-state index in [9.17, 15) is 14.4 Å². The third-order valence-corrected chi connectivity index (χ3v) is 2.57. The van der Waals surface area contributed by atoms with E-state index in [1.165, 1.54) is 0 Å². The van der Waals surface area contributed by atoms with Gasteiger partial charge in [-0.3, -0.25) is 9.59 Å². The summed E-state index contributed by atoms with van der Waals surface area (Å²) < 4.78 is 0. The Balaban J connectivity index is 2.23. The molecule has 0 aromatic rings. The van der Waals surface area contributed by atoms with Gasteiger partial charge in [0.25, 0.3) is 5.91 Å². The maximum absolute atomic E-state index is 11.5. The molecule has 0 bridgehead atoms. The number of carbonyl (C=O) groups excluding carboxylic acids is 3. The van der Waals surface area contributed by atoms with E-state index in [0.29, 0.717) is 25.0 Å². The Morgan fingerprint density at radius 1 is 1.37 bits per heavy atom. The molecule has 6 nitrogen and oxygen atoms in total. The van der Waals surface area contributed by atoms with Gasteiger partial charge in [-0.15, -0.1) is 5.06 Å². The van der Waals surface area contributed by atoms with Crippen molar-refractivity contribution >= 4 is 17.8 Å². The molecule has 0 aliphatic carbocycles. The van der Waals surface area contributed by atoms with Crippen LogP contribution in [0.15, 0.2) is 12.3 Å². The third kappa shape index (κ3) is 5.11. The van der Waals surface area contributed by atoms with Gasteiger partial charge in [-0.1, -0.05) is 6.58 Å². The van der Waals surface area contributed by atoms with Gasteiger partial charge in [-0.05, 0) is 26.7 Å². The fourth-order valence-corrected chi connectivity index (χ4v) is 1.68. The first-order valence-electron chi connectivity index (χ1n) is 6.41. The predicted molar refractivity (Wildman–Crippen MR) is 68.4 cm³/mol. The van der Waals surface area contributed by atoms with Crippen LogP contribution in [-0.4, -0.2) is 28.9 Å². The number of nitrogens with one attached hydrogen (secondary N) is 1. The van der Waals surface area contributed by atoms with Crippen LogP contribution in [0.2, 0.25) is 0 Å². The minimum Gasteiger partial charge on any atom is -0.354 e. The van der Waals surface area contributed by atoms with Crippen molar-refractivity contribution in [3.8, 4) is 0 Å². The summed E-state index contributed by atoms with van der Waals surface area (Å²) >= 11 is 0. The maximum Gasteiger partial charge on any atom is 0.333 e. The SMILES string of the molecule is C=C1CCC(=O)N1OC(=O)CCCC(=O)NC(C)C. The fraction of sp³-hybridized carbons (Fsp3) is 0.615. The predicted octanol–water partition coefficient (Wildman–Crippen LogP) is 1.28. The van der Waals surface area contributed by atoms with Gasteiger partial charge in [0.05, 0.1) is 5.70 Å². The van der Waals surface area contributed by atoms with Gasteiger partial charge in [0.1, 0.15) is 0 Å². The van der Waals surface area contributed by atoms with E-state index in [4.69, 9.17) is 4.84 Å². The number of hydrogen-bond donors (Lipinski definition) is 1. The van der Waals surface area contributed by atoms with E-state index in [2.05, 4.69) is 11.9 Å². The number of allylic oxidation sites excluding steroid dienone is 1. The van der Waals surface area contributed by atoms with Crippen molar-refractivity contribution in [2.45, 2.75) is 52.0 Å². The van der Waals surface area contributed by atoms with Gasteiger partial charge in [-0.2, -0.15) is 0 Å². The minimum absolute atomic E-state index is 0.0880. The molecule has 0 atom stereocenters. The molecule has 0 unspecified atom stereocenters. The van der Waals surface area contributed by atoms with E-state index in [0.717, 1.165) is 5.06 Å². The molecule has 19 heavy (non-hydrogen) atoms. The number of hydrogen-bond acceptors (Lipinski definition) is 4. The monoisotopic (exact) mass is 268 g/mol. The fourth-order valence-electron chi connectivity index (χ4n) is 1.68. The van der Waals surface area contributed by atoms with E-state index in [1.54, 1.807) is 0 Å². The lowest BCUT2D eigenvalue weighted by Gasteiger charge is -2.15. The number of hydroxylamine groups is 2. The van der Waals surface area contributed by atoms with E-state index >= 15 is 0 Å². The second-order valence-corrected chi connectivity index (χ2v) is 4.79. The van der Waals surface area contributed by atoms with Crippen molar-refractivity contribution in [2.24, 2.45) is 0 Å². The minimum atomic E-state index is -0.520. The largest absolute Gasteiger partial charge is 0.354 e. The van der Waals surface area contributed by atoms with E-state index in [1.807, 2.05) is 13.8 Å². The second-order valence-electron chi connectivity index (χ2n) is 4.79. The molecular weight excluding hydrogens is 248 g/mol. The third-order valence-electron chi connectivity index (χ3n) is 2.57. The summed E-state index contributed by atoms with van der Waals surface area (Å²) in [6.45, 7) is 7.39. The summed E-state index contributed by atoms with van der Waals surface area (Å²) in [4.78, 5) is 39.1. The molecule has 1 saturated heterocycles. The molecule has 1 aliphatic heterocycles. The Bertz CT molecular complexity index is 374. The van der Waals surface area contributed by atoms with Crippen LogP contribution in [-0.2, 0) is 19.2 Å². The van der Waals surface area contributed by atoms with Crippen LogP contribution in [0.5, 0.6) is 0 Å². The molecule has 1 rings (SSSR count). The Labute approximate surface area is 112 Å². The topological polar surface area (TPSA) is 75.7 Å². The lowest BCUT2D eigenvalue weighted by molar-refractivity contribution is -0.186. The summed E-state index contributed by atoms with van der Waals surface area (Å²) in [5.74, 6) is -0.867. The van der Waals surface area contributed by atoms with Crippen molar-refractivity contribution in [3.05, 3.63) is 12.3 Å². The number of rotatable bonds is 6. The molecule has 0 aromatic heterocycles. The number of amides is 2. The lowest BCUT2D eigenvalue weighted by Crippen LogP contribution is -2.30. The zero-order valence-corrected chi connectivity index (χ0v) is 11.4. The highest BCUT2D eigenvalue weighted by Crippen LogP contribution is 2.21. The van der Waals surface area contributed by atoms with Crippen molar-refractivity contribution in [3.63, 3.8) is 0 Å². The Kier molecular flexibility index (Phi) is 5.54. The van der Waals surface area contributed by atoms with Gasteiger partial charge >= 0.3 is 5.97 Å². The van der Waals surface area contributed by atoms with Crippen molar-refractivity contribution in [2.75, 3.05) is 0 Å². The van der Waals surface area contributed by atoms with Crippen LogP contribution in [0.25, 0.3) is 0 Å². The molecule has 1 aliphatic rings. The molecular formula is C13H20N2O4. The van der Waals surface area contributed by atoms with Crippen LogP contribution < -0.4 is 5.32 Å². The Morgan fingerprint density at radius 2 is 2.05 bits per heavy atom. The Hall–Kier alpha value is -1.85.